The molecule has 1 nitrogen and oxygen atoms in total. The highest BCUT2D eigenvalue weighted by Crippen LogP contribution is 2.47. The van der Waals surface area contributed by atoms with Gasteiger partial charge in [0.15, 0.2) is 0 Å². The summed E-state index contributed by atoms with van der Waals surface area (Å²) in [6.07, 6.45) is 4.25. The zero-order valence-corrected chi connectivity index (χ0v) is 9.22. The molecule has 0 saturated carbocycles. The molecule has 0 aromatic carbocycles. The number of nitrogens with zero attached hydrogens (tertiary/aromatic N) is 1. The lowest BCUT2D eigenvalue weighted by atomic mass is 10.3. The van der Waals surface area contributed by atoms with Gasteiger partial charge < -0.3 is 0 Å². The molecule has 0 radical (unpaired) electrons. The molecule has 1 aromatic rings. The van der Waals surface area contributed by atoms with Crippen LogP contribution in [-0.4, -0.2) is 17.3 Å². The van der Waals surface area contributed by atoms with Crippen molar-refractivity contribution in [2.75, 3.05) is 12.3 Å². The van der Waals surface area contributed by atoms with E-state index in [-0.39, 0.29) is 7.92 Å². The third kappa shape index (κ3) is 2.63. The Hall–Kier alpha value is -0.680. The molecule has 1 aromatic heterocycles. The molecule has 0 aliphatic carbocycles. The van der Waals surface area contributed by atoms with Gasteiger partial charge in [-0.1, -0.05) is 34.4 Å². The number of hydrogen-bond donors (Lipinski definition) is 0. The number of pyridine rings is 1. The molecule has 0 aliphatic heterocycles. The summed E-state index contributed by atoms with van der Waals surface area (Å²) in [4.78, 5) is 4.31. The molecule has 70 valence electrons. The Balaban J connectivity index is 2.78. The van der Waals surface area contributed by atoms with Gasteiger partial charge in [0.1, 0.15) is 0 Å². The zero-order chi connectivity index (χ0) is 9.68. The van der Waals surface area contributed by atoms with E-state index in [2.05, 4.69) is 25.4 Å². The van der Waals surface area contributed by atoms with Gasteiger partial charge >= 0.3 is 0 Å². The molecule has 1 heterocycles. The fourth-order valence-electron chi connectivity index (χ4n) is 1.30. The summed E-state index contributed by atoms with van der Waals surface area (Å²) >= 11 is 0. The first-order chi connectivity index (χ1) is 6.29. The number of aromatic nitrogens is 1. The average molecular weight is 193 g/mol. The van der Waals surface area contributed by atoms with Crippen molar-refractivity contribution in [2.45, 2.75) is 13.8 Å². The summed E-state index contributed by atoms with van der Waals surface area (Å²) < 4.78 is 0. The minimum atomic E-state index is -0.0507. The molecule has 1 rings (SSSR count). The highest BCUT2D eigenvalue weighted by atomic mass is 31.1. The van der Waals surface area contributed by atoms with Crippen molar-refractivity contribution in [3.05, 3.63) is 36.7 Å². The van der Waals surface area contributed by atoms with Crippen LogP contribution in [0.15, 0.2) is 31.0 Å². The molecule has 0 amide bonds. The summed E-state index contributed by atoms with van der Waals surface area (Å²) in [5, 5.41) is 1.24. The zero-order valence-electron chi connectivity index (χ0n) is 8.33. The lowest BCUT2D eigenvalue weighted by Crippen LogP contribution is -1.89. The van der Waals surface area contributed by atoms with Gasteiger partial charge in [-0.25, -0.2) is 0 Å². The van der Waals surface area contributed by atoms with Gasteiger partial charge in [0.25, 0.3) is 0 Å². The van der Waals surface area contributed by atoms with Gasteiger partial charge in [0.05, 0.1) is 5.69 Å². The summed E-state index contributed by atoms with van der Waals surface area (Å²) in [6, 6.07) is 6.01. The van der Waals surface area contributed by atoms with Gasteiger partial charge in [0, 0.05) is 6.20 Å². The van der Waals surface area contributed by atoms with Gasteiger partial charge in [-0.05, 0) is 29.8 Å². The molecule has 0 fully saturated rings. The topological polar surface area (TPSA) is 12.9 Å². The maximum atomic E-state index is 4.31. The van der Waals surface area contributed by atoms with Gasteiger partial charge in [-0.2, -0.15) is 0 Å². The standard InChI is InChI=1S/C11H16NP/c1-4-13(5-2)10(3)11-8-6-7-9-12-11/h6-9H,3-5H2,1-2H3. The predicted octanol–water partition coefficient (Wildman–Crippen LogP) is 3.57. The lowest BCUT2D eigenvalue weighted by Gasteiger charge is -2.15. The molecule has 0 N–H and O–H groups in total. The van der Waals surface area contributed by atoms with Crippen molar-refractivity contribution in [2.24, 2.45) is 0 Å². The van der Waals surface area contributed by atoms with Gasteiger partial charge in [0.2, 0.25) is 0 Å². The summed E-state index contributed by atoms with van der Waals surface area (Å²) in [6.45, 7) is 8.58. The summed E-state index contributed by atoms with van der Waals surface area (Å²) in [5.41, 5.74) is 1.07. The molecule has 0 bridgehead atoms. The minimum Gasteiger partial charge on any atom is -0.256 e. The second kappa shape index (κ2) is 5.14. The van der Waals surface area contributed by atoms with Crippen molar-refractivity contribution in [1.82, 2.24) is 4.98 Å². The van der Waals surface area contributed by atoms with Crippen LogP contribution < -0.4 is 0 Å². The third-order valence-corrected chi connectivity index (χ3v) is 4.63. The first-order valence-electron chi connectivity index (χ1n) is 4.64. The fraction of sp³-hybridized carbons (Fsp3) is 0.364. The Bertz CT molecular complexity index is 265. The molecule has 0 atom stereocenters. The summed E-state index contributed by atoms with van der Waals surface area (Å²) in [7, 11) is -0.0507. The van der Waals surface area contributed by atoms with E-state index in [4.69, 9.17) is 0 Å². The van der Waals surface area contributed by atoms with Crippen molar-refractivity contribution < 1.29 is 0 Å². The molecule has 13 heavy (non-hydrogen) atoms. The van der Waals surface area contributed by atoms with Crippen LogP contribution in [0.3, 0.4) is 0 Å². The van der Waals surface area contributed by atoms with Crippen molar-refractivity contribution in [1.29, 1.82) is 0 Å². The van der Waals surface area contributed by atoms with E-state index in [0.717, 1.165) is 5.69 Å². The lowest BCUT2D eigenvalue weighted by molar-refractivity contribution is 1.29. The Labute approximate surface area is 81.7 Å². The fourth-order valence-corrected chi connectivity index (χ4v) is 2.97. The molecular weight excluding hydrogens is 177 g/mol. The van der Waals surface area contributed by atoms with Crippen molar-refractivity contribution >= 4 is 13.2 Å². The van der Waals surface area contributed by atoms with E-state index in [9.17, 15) is 0 Å². The van der Waals surface area contributed by atoms with E-state index in [1.807, 2.05) is 24.4 Å². The van der Waals surface area contributed by atoms with Crippen LogP contribution in [-0.2, 0) is 0 Å². The second-order valence-corrected chi connectivity index (χ2v) is 5.72. The Kier molecular flexibility index (Phi) is 4.11. The first-order valence-corrected chi connectivity index (χ1v) is 6.36. The van der Waals surface area contributed by atoms with Crippen LogP contribution in [0.25, 0.3) is 5.31 Å². The van der Waals surface area contributed by atoms with Crippen LogP contribution in [0.2, 0.25) is 0 Å². The summed E-state index contributed by atoms with van der Waals surface area (Å²) in [5.74, 6) is 0. The predicted molar refractivity (Wildman–Crippen MR) is 61.3 cm³/mol. The van der Waals surface area contributed by atoms with E-state index >= 15 is 0 Å². The normalized spacial score (nSPS) is 10.4. The van der Waals surface area contributed by atoms with Crippen LogP contribution in [0.5, 0.6) is 0 Å². The quantitative estimate of drug-likeness (QED) is 0.666. The molecule has 0 saturated heterocycles. The first kappa shape index (κ1) is 10.4. The van der Waals surface area contributed by atoms with Crippen molar-refractivity contribution in [3.63, 3.8) is 0 Å². The van der Waals surface area contributed by atoms with Crippen LogP contribution in [0.1, 0.15) is 19.5 Å². The monoisotopic (exact) mass is 193 g/mol. The largest absolute Gasteiger partial charge is 0.256 e. The van der Waals surface area contributed by atoms with Crippen LogP contribution >= 0.6 is 7.92 Å². The highest BCUT2D eigenvalue weighted by Gasteiger charge is 2.09. The Morgan fingerprint density at radius 1 is 1.38 bits per heavy atom. The molecule has 2 heteroatoms. The SMILES string of the molecule is C=C(c1ccccn1)P(CC)CC. The minimum absolute atomic E-state index is 0.0507. The molecule has 0 aliphatic rings. The molecule has 0 unspecified atom stereocenters. The highest BCUT2D eigenvalue weighted by molar-refractivity contribution is 7.68. The Morgan fingerprint density at radius 3 is 2.54 bits per heavy atom. The second-order valence-electron chi connectivity index (χ2n) is 2.83. The maximum absolute atomic E-state index is 4.31. The van der Waals surface area contributed by atoms with E-state index in [1.165, 1.54) is 17.6 Å². The van der Waals surface area contributed by atoms with Crippen molar-refractivity contribution in [3.8, 4) is 0 Å². The smallest absolute Gasteiger partial charge is 0.0700 e. The number of hydrogen-bond acceptors (Lipinski definition) is 1. The van der Waals surface area contributed by atoms with Gasteiger partial charge in [-0.15, -0.1) is 0 Å². The van der Waals surface area contributed by atoms with E-state index < -0.39 is 0 Å². The average Bonchev–Trinajstić information content (AvgIpc) is 2.21. The van der Waals surface area contributed by atoms with E-state index in [0.29, 0.717) is 0 Å². The molecule has 0 spiro atoms. The molecular formula is C11H16NP. The maximum Gasteiger partial charge on any atom is 0.0700 e. The number of rotatable bonds is 4. The van der Waals surface area contributed by atoms with E-state index in [1.54, 1.807) is 0 Å². The van der Waals surface area contributed by atoms with Gasteiger partial charge in [-0.3, -0.25) is 4.98 Å². The third-order valence-electron chi connectivity index (χ3n) is 2.11. The Morgan fingerprint density at radius 2 is 2.08 bits per heavy atom. The van der Waals surface area contributed by atoms with Crippen LogP contribution in [0, 0.1) is 0 Å². The van der Waals surface area contributed by atoms with Crippen LogP contribution in [0.4, 0.5) is 0 Å².